The number of benzene rings is 2. The summed E-state index contributed by atoms with van der Waals surface area (Å²) in [5.74, 6) is -2.14. The minimum absolute atomic E-state index is 0.162. The lowest BCUT2D eigenvalue weighted by molar-refractivity contribution is -0.386. The largest absolute Gasteiger partial charge is 0.471 e. The van der Waals surface area contributed by atoms with Gasteiger partial charge in [-0.1, -0.05) is 18.2 Å². The van der Waals surface area contributed by atoms with Crippen LogP contribution in [0.15, 0.2) is 52.5 Å². The zero-order valence-corrected chi connectivity index (χ0v) is 17.9. The smallest absolute Gasteiger partial charge is 0.346 e. The molecule has 160 valence electrons. The summed E-state index contributed by atoms with van der Waals surface area (Å²) in [6.45, 7) is 1.39. The van der Waals surface area contributed by atoms with Crippen molar-refractivity contribution in [2.45, 2.75) is 13.0 Å². The molecular formula is C20H16BrN3O7. The van der Waals surface area contributed by atoms with Crippen molar-refractivity contribution in [2.75, 3.05) is 12.1 Å². The van der Waals surface area contributed by atoms with E-state index in [1.165, 1.54) is 26.2 Å². The fourth-order valence-electron chi connectivity index (χ4n) is 2.81. The number of nitro groups is 1. The van der Waals surface area contributed by atoms with Crippen molar-refractivity contribution >= 4 is 51.2 Å². The highest BCUT2D eigenvalue weighted by atomic mass is 79.9. The molecule has 0 unspecified atom stereocenters. The number of para-hydroxylation sites is 1. The van der Waals surface area contributed by atoms with Crippen LogP contribution in [0.4, 0.5) is 11.4 Å². The molecule has 1 saturated heterocycles. The van der Waals surface area contributed by atoms with E-state index in [1.807, 2.05) is 0 Å². The second kappa shape index (κ2) is 8.96. The molecule has 1 atom stereocenters. The highest BCUT2D eigenvalue weighted by Gasteiger charge is 2.34. The van der Waals surface area contributed by atoms with Crippen LogP contribution in [-0.4, -0.2) is 35.9 Å². The Bertz CT molecular complexity index is 1100. The number of hydrogen-bond acceptors (Lipinski definition) is 7. The molecule has 31 heavy (non-hydrogen) atoms. The van der Waals surface area contributed by atoms with Crippen molar-refractivity contribution in [1.82, 2.24) is 5.43 Å². The predicted octanol–water partition coefficient (Wildman–Crippen LogP) is 2.76. The third kappa shape index (κ3) is 4.56. The zero-order chi connectivity index (χ0) is 22.7. The Balaban J connectivity index is 1.97. The Kier molecular flexibility index (Phi) is 6.35. The minimum atomic E-state index is -1.09. The van der Waals surface area contributed by atoms with Crippen LogP contribution in [-0.2, 0) is 19.1 Å². The van der Waals surface area contributed by atoms with Gasteiger partial charge < -0.3 is 9.47 Å². The highest BCUT2D eigenvalue weighted by molar-refractivity contribution is 9.10. The number of nitrogens with zero attached hydrogens (tertiary/aromatic N) is 2. The average Bonchev–Trinajstić information content (AvgIpc) is 3.03. The van der Waals surface area contributed by atoms with Gasteiger partial charge in [0.25, 0.3) is 11.8 Å². The van der Waals surface area contributed by atoms with Crippen LogP contribution < -0.4 is 15.2 Å². The Hall–Kier alpha value is -3.73. The first kappa shape index (κ1) is 22.0. The molecule has 1 N–H and O–H groups in total. The predicted molar refractivity (Wildman–Crippen MR) is 113 cm³/mol. The first-order valence-corrected chi connectivity index (χ1v) is 9.66. The van der Waals surface area contributed by atoms with E-state index in [1.54, 1.807) is 30.3 Å². The van der Waals surface area contributed by atoms with Gasteiger partial charge in [-0.15, -0.1) is 0 Å². The summed E-state index contributed by atoms with van der Waals surface area (Å²) >= 11 is 3.19. The number of anilines is 1. The van der Waals surface area contributed by atoms with Crippen LogP contribution in [0.1, 0.15) is 12.5 Å². The summed E-state index contributed by atoms with van der Waals surface area (Å²) in [5.41, 5.74) is 2.49. The summed E-state index contributed by atoms with van der Waals surface area (Å²) < 4.78 is 10.1. The van der Waals surface area contributed by atoms with Crippen molar-refractivity contribution in [3.8, 4) is 5.75 Å². The Morgan fingerprint density at radius 3 is 2.55 bits per heavy atom. The summed E-state index contributed by atoms with van der Waals surface area (Å²) in [6, 6.07) is 11.1. The van der Waals surface area contributed by atoms with Crippen molar-refractivity contribution in [2.24, 2.45) is 0 Å². The number of rotatable bonds is 6. The summed E-state index contributed by atoms with van der Waals surface area (Å²) in [6.07, 6.45) is 0.150. The highest BCUT2D eigenvalue weighted by Crippen LogP contribution is 2.38. The summed E-state index contributed by atoms with van der Waals surface area (Å²) in [4.78, 5) is 47.5. The average molecular weight is 490 g/mol. The van der Waals surface area contributed by atoms with Crippen molar-refractivity contribution < 1.29 is 28.8 Å². The van der Waals surface area contributed by atoms with Crippen LogP contribution in [0, 0.1) is 10.1 Å². The topological polar surface area (TPSA) is 128 Å². The van der Waals surface area contributed by atoms with Crippen LogP contribution in [0.25, 0.3) is 6.08 Å². The SMILES string of the molecule is COC(=O)[C@@H](C)Oc1c(Br)cc(/C=C2/C(=O)NN(c3ccccc3)C2=O)cc1[N+](=O)[O-]. The van der Waals surface area contributed by atoms with E-state index in [0.717, 1.165) is 11.1 Å². The maximum absolute atomic E-state index is 12.7. The van der Waals surface area contributed by atoms with Gasteiger partial charge in [-0.25, -0.2) is 9.80 Å². The van der Waals surface area contributed by atoms with Gasteiger partial charge >= 0.3 is 11.7 Å². The molecule has 0 aromatic heterocycles. The fraction of sp³-hybridized carbons (Fsp3) is 0.150. The lowest BCUT2D eigenvalue weighted by atomic mass is 10.1. The molecule has 0 bridgehead atoms. The molecule has 1 fully saturated rings. The number of methoxy groups -OCH3 is 1. The quantitative estimate of drug-likeness (QED) is 0.217. The molecule has 1 aliphatic heterocycles. The van der Waals surface area contributed by atoms with E-state index < -0.39 is 34.5 Å². The normalized spacial score (nSPS) is 15.6. The van der Waals surface area contributed by atoms with E-state index in [2.05, 4.69) is 26.1 Å². The van der Waals surface area contributed by atoms with Gasteiger partial charge in [0.05, 0.1) is 22.2 Å². The van der Waals surface area contributed by atoms with Gasteiger partial charge in [0.1, 0.15) is 5.57 Å². The van der Waals surface area contributed by atoms with Gasteiger partial charge in [0.2, 0.25) is 5.75 Å². The molecular weight excluding hydrogens is 474 g/mol. The fourth-order valence-corrected chi connectivity index (χ4v) is 3.37. The third-order valence-electron chi connectivity index (χ3n) is 4.29. The molecule has 1 heterocycles. The maximum Gasteiger partial charge on any atom is 0.346 e. The number of nitrogens with one attached hydrogen (secondary N) is 1. The zero-order valence-electron chi connectivity index (χ0n) is 16.3. The van der Waals surface area contributed by atoms with E-state index in [4.69, 9.17) is 4.74 Å². The number of nitro benzene ring substituents is 1. The summed E-state index contributed by atoms with van der Waals surface area (Å²) in [7, 11) is 1.17. The molecule has 0 spiro atoms. The molecule has 11 heteroatoms. The Morgan fingerprint density at radius 1 is 1.26 bits per heavy atom. The van der Waals surface area contributed by atoms with Crippen LogP contribution in [0.5, 0.6) is 5.75 Å². The van der Waals surface area contributed by atoms with Crippen molar-refractivity contribution in [3.05, 3.63) is 68.2 Å². The van der Waals surface area contributed by atoms with Crippen LogP contribution in [0.3, 0.4) is 0 Å². The standard InChI is InChI=1S/C20H16BrN3O7/c1-11(20(27)30-2)31-17-15(21)9-12(10-16(17)24(28)29)8-14-18(25)22-23(19(14)26)13-6-4-3-5-7-13/h3-11H,1-2H3,(H,22,25)/b14-8-/t11-/m1/s1. The molecule has 2 amide bonds. The second-order valence-corrected chi connectivity index (χ2v) is 7.22. The third-order valence-corrected chi connectivity index (χ3v) is 4.88. The molecule has 10 nitrogen and oxygen atoms in total. The van der Waals surface area contributed by atoms with Crippen molar-refractivity contribution in [1.29, 1.82) is 0 Å². The van der Waals surface area contributed by atoms with Gasteiger partial charge in [-0.2, -0.15) is 0 Å². The molecule has 0 saturated carbocycles. The molecule has 3 rings (SSSR count). The molecule has 2 aromatic rings. The lowest BCUT2D eigenvalue weighted by Crippen LogP contribution is -2.35. The number of ether oxygens (including phenoxy) is 2. The van der Waals surface area contributed by atoms with Crippen molar-refractivity contribution in [3.63, 3.8) is 0 Å². The van der Waals surface area contributed by atoms with E-state index >= 15 is 0 Å². The van der Waals surface area contributed by atoms with Gasteiger partial charge in [0, 0.05) is 6.07 Å². The number of hydrazine groups is 1. The molecule has 2 aromatic carbocycles. The van der Waals surface area contributed by atoms with Gasteiger partial charge in [0.15, 0.2) is 6.10 Å². The first-order chi connectivity index (χ1) is 14.7. The van der Waals surface area contributed by atoms with E-state index in [-0.39, 0.29) is 21.4 Å². The van der Waals surface area contributed by atoms with Crippen LogP contribution >= 0.6 is 15.9 Å². The minimum Gasteiger partial charge on any atom is -0.471 e. The summed E-state index contributed by atoms with van der Waals surface area (Å²) in [5, 5.41) is 12.7. The van der Waals surface area contributed by atoms with E-state index in [9.17, 15) is 24.5 Å². The lowest BCUT2D eigenvalue weighted by Gasteiger charge is -2.14. The van der Waals surface area contributed by atoms with Crippen LogP contribution in [0.2, 0.25) is 0 Å². The monoisotopic (exact) mass is 489 g/mol. The molecule has 0 aliphatic carbocycles. The Morgan fingerprint density at radius 2 is 1.94 bits per heavy atom. The number of carbonyl (C=O) groups is 3. The first-order valence-electron chi connectivity index (χ1n) is 8.87. The van der Waals surface area contributed by atoms with Gasteiger partial charge in [-0.05, 0) is 52.7 Å². The van der Waals surface area contributed by atoms with E-state index in [0.29, 0.717) is 5.69 Å². The number of esters is 1. The number of hydrogen-bond donors (Lipinski definition) is 1. The number of amides is 2. The molecule has 0 radical (unpaired) electrons. The number of carbonyl (C=O) groups excluding carboxylic acids is 3. The number of halogens is 1. The maximum atomic E-state index is 12.7. The van der Waals surface area contributed by atoms with Gasteiger partial charge in [-0.3, -0.25) is 25.1 Å². The second-order valence-electron chi connectivity index (χ2n) is 6.37. The molecule has 1 aliphatic rings. The Labute approximate surface area is 184 Å².